The highest BCUT2D eigenvalue weighted by atomic mass is 16.5. The number of carbonyl (C=O) groups excluding carboxylic acids is 1. The third-order valence-electron chi connectivity index (χ3n) is 3.59. The molecular formula is C15H16N2O2. The van der Waals surface area contributed by atoms with E-state index in [0.29, 0.717) is 12.3 Å². The highest BCUT2D eigenvalue weighted by molar-refractivity contribution is 5.95. The molecule has 2 N–H and O–H groups in total. The van der Waals surface area contributed by atoms with Crippen LogP contribution in [0.4, 0.5) is 0 Å². The molecule has 1 atom stereocenters. The van der Waals surface area contributed by atoms with E-state index in [1.807, 2.05) is 30.3 Å². The standard InChI is InChI=1S/C15H16N2O2/c16-15(18)14-12(11-5-3-7-19-9-11)8-10-4-1-2-6-13(10)17-14/h1-2,4,6,8,11H,3,5,7,9H2,(H2,16,18). The topological polar surface area (TPSA) is 65.2 Å². The second-order valence-corrected chi connectivity index (χ2v) is 4.90. The van der Waals surface area contributed by atoms with Crippen molar-refractivity contribution in [3.8, 4) is 0 Å². The summed E-state index contributed by atoms with van der Waals surface area (Å²) in [6, 6.07) is 9.80. The third-order valence-corrected chi connectivity index (χ3v) is 3.59. The molecule has 4 heteroatoms. The van der Waals surface area contributed by atoms with E-state index in [0.717, 1.165) is 35.9 Å². The van der Waals surface area contributed by atoms with E-state index in [-0.39, 0.29) is 5.92 Å². The number of carbonyl (C=O) groups is 1. The summed E-state index contributed by atoms with van der Waals surface area (Å²) in [5.41, 5.74) is 7.58. The SMILES string of the molecule is NC(=O)c1nc2ccccc2cc1C1CCCOC1. The molecule has 2 heterocycles. The fourth-order valence-electron chi connectivity index (χ4n) is 2.63. The van der Waals surface area contributed by atoms with Gasteiger partial charge in [0.2, 0.25) is 0 Å². The van der Waals surface area contributed by atoms with E-state index in [1.165, 1.54) is 0 Å². The summed E-state index contributed by atoms with van der Waals surface area (Å²) < 4.78 is 5.50. The van der Waals surface area contributed by atoms with Gasteiger partial charge in [-0.05, 0) is 30.5 Å². The van der Waals surface area contributed by atoms with Crippen LogP contribution in [-0.4, -0.2) is 24.1 Å². The van der Waals surface area contributed by atoms with Crippen LogP contribution in [0, 0.1) is 0 Å². The van der Waals surface area contributed by atoms with Crippen LogP contribution >= 0.6 is 0 Å². The first kappa shape index (κ1) is 12.1. The average molecular weight is 256 g/mol. The van der Waals surface area contributed by atoms with E-state index < -0.39 is 5.91 Å². The minimum Gasteiger partial charge on any atom is -0.381 e. The molecule has 4 nitrogen and oxygen atoms in total. The van der Waals surface area contributed by atoms with Gasteiger partial charge in [-0.15, -0.1) is 0 Å². The Labute approximate surface area is 111 Å². The number of rotatable bonds is 2. The summed E-state index contributed by atoms with van der Waals surface area (Å²) in [4.78, 5) is 16.0. The molecule has 2 aromatic rings. The first-order valence-corrected chi connectivity index (χ1v) is 6.53. The Morgan fingerprint density at radius 3 is 2.95 bits per heavy atom. The first-order valence-electron chi connectivity index (χ1n) is 6.53. The van der Waals surface area contributed by atoms with E-state index in [4.69, 9.17) is 10.5 Å². The molecule has 1 amide bonds. The van der Waals surface area contributed by atoms with Crippen LogP contribution in [0.1, 0.15) is 34.8 Å². The molecule has 0 aliphatic carbocycles. The summed E-state index contributed by atoms with van der Waals surface area (Å²) in [5.74, 6) is -0.250. The maximum atomic E-state index is 11.6. The predicted octanol–water partition coefficient (Wildman–Crippen LogP) is 2.23. The van der Waals surface area contributed by atoms with Gasteiger partial charge in [-0.25, -0.2) is 4.98 Å². The van der Waals surface area contributed by atoms with Crippen molar-refractivity contribution in [3.05, 3.63) is 41.6 Å². The van der Waals surface area contributed by atoms with Gasteiger partial charge in [0, 0.05) is 17.9 Å². The quantitative estimate of drug-likeness (QED) is 0.896. The molecule has 0 saturated carbocycles. The van der Waals surface area contributed by atoms with Crippen molar-refractivity contribution < 1.29 is 9.53 Å². The second-order valence-electron chi connectivity index (χ2n) is 4.90. The zero-order valence-electron chi connectivity index (χ0n) is 10.6. The van der Waals surface area contributed by atoms with Gasteiger partial charge in [0.1, 0.15) is 5.69 Å². The third kappa shape index (κ3) is 2.31. The number of nitrogens with two attached hydrogens (primary N) is 1. The van der Waals surface area contributed by atoms with Crippen LogP contribution in [-0.2, 0) is 4.74 Å². The van der Waals surface area contributed by atoms with Crippen LogP contribution in [0.3, 0.4) is 0 Å². The van der Waals surface area contributed by atoms with Crippen LogP contribution in [0.5, 0.6) is 0 Å². The van der Waals surface area contributed by atoms with Crippen molar-refractivity contribution in [2.24, 2.45) is 5.73 Å². The minimum absolute atomic E-state index is 0.216. The molecule has 1 aromatic heterocycles. The molecule has 19 heavy (non-hydrogen) atoms. The Kier molecular flexibility index (Phi) is 3.17. The van der Waals surface area contributed by atoms with Crippen molar-refractivity contribution in [3.63, 3.8) is 0 Å². The molecule has 1 saturated heterocycles. The number of hydrogen-bond acceptors (Lipinski definition) is 3. The lowest BCUT2D eigenvalue weighted by Crippen LogP contribution is -2.22. The van der Waals surface area contributed by atoms with E-state index in [1.54, 1.807) is 0 Å². The Bertz CT molecular complexity index is 619. The number of aromatic nitrogens is 1. The lowest BCUT2D eigenvalue weighted by atomic mass is 9.91. The second kappa shape index (κ2) is 4.97. The molecule has 1 fully saturated rings. The Morgan fingerprint density at radius 2 is 2.21 bits per heavy atom. The summed E-state index contributed by atoms with van der Waals surface area (Å²) in [7, 11) is 0. The molecule has 0 radical (unpaired) electrons. The number of nitrogens with zero attached hydrogens (tertiary/aromatic N) is 1. The average Bonchev–Trinajstić information content (AvgIpc) is 2.46. The van der Waals surface area contributed by atoms with Crippen molar-refractivity contribution in [1.29, 1.82) is 0 Å². The van der Waals surface area contributed by atoms with Gasteiger partial charge >= 0.3 is 0 Å². The lowest BCUT2D eigenvalue weighted by molar-refractivity contribution is 0.0796. The molecule has 1 aliphatic rings. The molecular weight excluding hydrogens is 240 g/mol. The van der Waals surface area contributed by atoms with Crippen molar-refractivity contribution in [2.75, 3.05) is 13.2 Å². The number of pyridine rings is 1. The van der Waals surface area contributed by atoms with Gasteiger partial charge in [0.15, 0.2) is 0 Å². The summed E-state index contributed by atoms with van der Waals surface area (Å²) in [6.07, 6.45) is 2.02. The smallest absolute Gasteiger partial charge is 0.267 e. The van der Waals surface area contributed by atoms with Gasteiger partial charge in [-0.3, -0.25) is 4.79 Å². The Morgan fingerprint density at radius 1 is 1.37 bits per heavy atom. The molecule has 98 valence electrons. The van der Waals surface area contributed by atoms with Gasteiger partial charge in [-0.2, -0.15) is 0 Å². The zero-order chi connectivity index (χ0) is 13.2. The number of hydrogen-bond donors (Lipinski definition) is 1. The normalized spacial score (nSPS) is 19.5. The predicted molar refractivity (Wildman–Crippen MR) is 73.1 cm³/mol. The van der Waals surface area contributed by atoms with Gasteiger partial charge in [-0.1, -0.05) is 18.2 Å². The molecule has 1 aliphatic heterocycles. The summed E-state index contributed by atoms with van der Waals surface area (Å²) in [5, 5.41) is 1.04. The molecule has 0 spiro atoms. The van der Waals surface area contributed by atoms with E-state index in [2.05, 4.69) is 4.98 Å². The van der Waals surface area contributed by atoms with Gasteiger partial charge in [0.25, 0.3) is 5.91 Å². The Hall–Kier alpha value is -1.94. The highest BCUT2D eigenvalue weighted by Gasteiger charge is 2.22. The van der Waals surface area contributed by atoms with Crippen molar-refractivity contribution in [2.45, 2.75) is 18.8 Å². The summed E-state index contributed by atoms with van der Waals surface area (Å²) >= 11 is 0. The van der Waals surface area contributed by atoms with E-state index in [9.17, 15) is 4.79 Å². The maximum absolute atomic E-state index is 11.6. The maximum Gasteiger partial charge on any atom is 0.267 e. The van der Waals surface area contributed by atoms with Gasteiger partial charge in [0.05, 0.1) is 12.1 Å². The first-order chi connectivity index (χ1) is 9.25. The van der Waals surface area contributed by atoms with Crippen LogP contribution in [0.25, 0.3) is 10.9 Å². The number of primary amides is 1. The molecule has 3 rings (SSSR count). The lowest BCUT2D eigenvalue weighted by Gasteiger charge is -2.23. The highest BCUT2D eigenvalue weighted by Crippen LogP contribution is 2.29. The largest absolute Gasteiger partial charge is 0.381 e. The molecule has 0 bridgehead atoms. The number of para-hydroxylation sites is 1. The number of fused-ring (bicyclic) bond motifs is 1. The number of amides is 1. The van der Waals surface area contributed by atoms with Crippen LogP contribution < -0.4 is 5.73 Å². The van der Waals surface area contributed by atoms with Crippen molar-refractivity contribution >= 4 is 16.8 Å². The zero-order valence-corrected chi connectivity index (χ0v) is 10.6. The Balaban J connectivity index is 2.14. The number of benzene rings is 1. The fourth-order valence-corrected chi connectivity index (χ4v) is 2.63. The van der Waals surface area contributed by atoms with Gasteiger partial charge < -0.3 is 10.5 Å². The molecule has 1 unspecified atom stereocenters. The fraction of sp³-hybridized carbons (Fsp3) is 0.333. The monoisotopic (exact) mass is 256 g/mol. The summed E-state index contributed by atoms with van der Waals surface area (Å²) in [6.45, 7) is 1.43. The number of ether oxygens (including phenoxy) is 1. The minimum atomic E-state index is -0.466. The van der Waals surface area contributed by atoms with E-state index >= 15 is 0 Å². The van der Waals surface area contributed by atoms with Crippen LogP contribution in [0.2, 0.25) is 0 Å². The molecule has 1 aromatic carbocycles. The van der Waals surface area contributed by atoms with Crippen LogP contribution in [0.15, 0.2) is 30.3 Å². The van der Waals surface area contributed by atoms with Crippen molar-refractivity contribution in [1.82, 2.24) is 4.98 Å².